The number of benzene rings is 1. The molecular formula is C18H24N2O4S. The van der Waals surface area contributed by atoms with Crippen molar-refractivity contribution in [1.82, 2.24) is 9.21 Å². The van der Waals surface area contributed by atoms with E-state index >= 15 is 0 Å². The zero-order valence-electron chi connectivity index (χ0n) is 14.3. The molecule has 3 aliphatic heterocycles. The minimum absolute atomic E-state index is 0.0435. The van der Waals surface area contributed by atoms with E-state index in [2.05, 4.69) is 0 Å². The van der Waals surface area contributed by atoms with Gasteiger partial charge in [-0.3, -0.25) is 4.79 Å². The van der Waals surface area contributed by atoms with Crippen LogP contribution in [0.2, 0.25) is 0 Å². The van der Waals surface area contributed by atoms with E-state index in [1.807, 2.05) is 11.0 Å². The summed E-state index contributed by atoms with van der Waals surface area (Å²) in [6.45, 7) is 3.55. The van der Waals surface area contributed by atoms with Crippen molar-refractivity contribution in [2.45, 2.75) is 37.1 Å². The van der Waals surface area contributed by atoms with Crippen molar-refractivity contribution in [2.24, 2.45) is 5.92 Å². The number of amides is 1. The Morgan fingerprint density at radius 3 is 2.64 bits per heavy atom. The van der Waals surface area contributed by atoms with Crippen LogP contribution in [-0.2, 0) is 32.5 Å². The van der Waals surface area contributed by atoms with Gasteiger partial charge < -0.3 is 9.64 Å². The summed E-state index contributed by atoms with van der Waals surface area (Å²) in [5.41, 5.74) is 2.10. The van der Waals surface area contributed by atoms with Crippen molar-refractivity contribution in [3.63, 3.8) is 0 Å². The van der Waals surface area contributed by atoms with Gasteiger partial charge >= 0.3 is 0 Å². The fraction of sp³-hybridized carbons (Fsp3) is 0.611. The van der Waals surface area contributed by atoms with Crippen LogP contribution < -0.4 is 0 Å². The molecule has 3 aliphatic rings. The van der Waals surface area contributed by atoms with Crippen LogP contribution >= 0.6 is 0 Å². The van der Waals surface area contributed by atoms with Gasteiger partial charge in [-0.05, 0) is 48.9 Å². The third-order valence-corrected chi connectivity index (χ3v) is 7.38. The van der Waals surface area contributed by atoms with Crippen LogP contribution in [0.5, 0.6) is 0 Å². The molecule has 0 aliphatic carbocycles. The van der Waals surface area contributed by atoms with E-state index < -0.39 is 10.0 Å². The SMILES string of the molecule is O=C([C@H]1CCOC1)N1CCc2ccc(S(=O)(=O)N3CCCC3)cc2C1. The molecule has 0 unspecified atom stereocenters. The third-order valence-electron chi connectivity index (χ3n) is 5.48. The smallest absolute Gasteiger partial charge is 0.243 e. The summed E-state index contributed by atoms with van der Waals surface area (Å²) in [4.78, 5) is 14.8. The lowest BCUT2D eigenvalue weighted by molar-refractivity contribution is -0.136. The van der Waals surface area contributed by atoms with E-state index in [0.29, 0.717) is 44.3 Å². The first-order valence-electron chi connectivity index (χ1n) is 9.04. The van der Waals surface area contributed by atoms with Gasteiger partial charge in [0.15, 0.2) is 0 Å². The minimum atomic E-state index is -3.42. The molecule has 2 fully saturated rings. The van der Waals surface area contributed by atoms with Gasteiger partial charge in [0.1, 0.15) is 0 Å². The maximum absolute atomic E-state index is 12.8. The maximum atomic E-state index is 12.8. The molecule has 0 radical (unpaired) electrons. The number of hydrogen-bond donors (Lipinski definition) is 0. The Hall–Kier alpha value is -1.44. The lowest BCUT2D eigenvalue weighted by Crippen LogP contribution is -2.40. The van der Waals surface area contributed by atoms with Gasteiger partial charge in [0.25, 0.3) is 0 Å². The molecule has 7 heteroatoms. The Morgan fingerprint density at radius 1 is 1.12 bits per heavy atom. The highest BCUT2D eigenvalue weighted by molar-refractivity contribution is 7.89. The van der Waals surface area contributed by atoms with Crippen LogP contribution in [0.25, 0.3) is 0 Å². The van der Waals surface area contributed by atoms with Gasteiger partial charge in [-0.15, -0.1) is 0 Å². The first-order valence-corrected chi connectivity index (χ1v) is 10.5. The Balaban J connectivity index is 1.56. The molecule has 0 saturated carbocycles. The topological polar surface area (TPSA) is 66.9 Å². The highest BCUT2D eigenvalue weighted by Gasteiger charge is 2.32. The van der Waals surface area contributed by atoms with Gasteiger partial charge in [0, 0.05) is 32.8 Å². The lowest BCUT2D eigenvalue weighted by Gasteiger charge is -2.31. The summed E-state index contributed by atoms with van der Waals surface area (Å²) in [6, 6.07) is 5.40. The van der Waals surface area contributed by atoms with Crippen LogP contribution in [0.3, 0.4) is 0 Å². The molecule has 4 rings (SSSR count). The van der Waals surface area contributed by atoms with Crippen molar-refractivity contribution in [2.75, 3.05) is 32.8 Å². The molecular weight excluding hydrogens is 340 g/mol. The fourth-order valence-corrected chi connectivity index (χ4v) is 5.52. The molecule has 0 bridgehead atoms. The van der Waals surface area contributed by atoms with Gasteiger partial charge in [-0.1, -0.05) is 6.07 Å². The van der Waals surface area contributed by atoms with E-state index in [1.165, 1.54) is 0 Å². The average molecular weight is 364 g/mol. The molecule has 0 aromatic heterocycles. The third kappa shape index (κ3) is 3.20. The van der Waals surface area contributed by atoms with Crippen molar-refractivity contribution in [1.29, 1.82) is 0 Å². The number of carbonyl (C=O) groups excluding carboxylic acids is 1. The molecule has 25 heavy (non-hydrogen) atoms. The zero-order valence-corrected chi connectivity index (χ0v) is 15.1. The molecule has 1 atom stereocenters. The van der Waals surface area contributed by atoms with Crippen molar-refractivity contribution in [3.05, 3.63) is 29.3 Å². The maximum Gasteiger partial charge on any atom is 0.243 e. The number of rotatable bonds is 3. The molecule has 1 aromatic rings. The number of sulfonamides is 1. The average Bonchev–Trinajstić information content (AvgIpc) is 3.33. The van der Waals surface area contributed by atoms with Crippen LogP contribution in [0.15, 0.2) is 23.1 Å². The van der Waals surface area contributed by atoms with Crippen LogP contribution in [0.4, 0.5) is 0 Å². The Morgan fingerprint density at radius 2 is 1.92 bits per heavy atom. The van der Waals surface area contributed by atoms with Crippen molar-refractivity contribution in [3.8, 4) is 0 Å². The van der Waals surface area contributed by atoms with E-state index in [-0.39, 0.29) is 11.8 Å². The molecule has 1 aromatic carbocycles. The van der Waals surface area contributed by atoms with E-state index in [0.717, 1.165) is 36.8 Å². The zero-order chi connectivity index (χ0) is 17.4. The number of hydrogen-bond acceptors (Lipinski definition) is 4. The van der Waals surface area contributed by atoms with Crippen molar-refractivity contribution < 1.29 is 17.9 Å². The Labute approximate surface area is 148 Å². The predicted octanol–water partition coefficient (Wildman–Crippen LogP) is 1.39. The summed E-state index contributed by atoms with van der Waals surface area (Å²) in [5.74, 6) is 0.0917. The second-order valence-electron chi connectivity index (χ2n) is 7.11. The largest absolute Gasteiger partial charge is 0.381 e. The normalized spacial score (nSPS) is 24.5. The molecule has 0 spiro atoms. The fourth-order valence-electron chi connectivity index (χ4n) is 3.95. The molecule has 2 saturated heterocycles. The molecule has 1 amide bonds. The quantitative estimate of drug-likeness (QED) is 0.813. The number of nitrogens with zero attached hydrogens (tertiary/aromatic N) is 2. The molecule has 136 valence electrons. The predicted molar refractivity (Wildman–Crippen MR) is 92.5 cm³/mol. The number of fused-ring (bicyclic) bond motifs is 1. The van der Waals surface area contributed by atoms with Gasteiger partial charge in [0.2, 0.25) is 15.9 Å². The van der Waals surface area contributed by atoms with E-state index in [9.17, 15) is 13.2 Å². The first-order chi connectivity index (χ1) is 12.1. The molecule has 0 N–H and O–H groups in total. The number of carbonyl (C=O) groups is 1. The monoisotopic (exact) mass is 364 g/mol. The highest BCUT2D eigenvalue weighted by Crippen LogP contribution is 2.27. The Bertz CT molecular complexity index is 765. The molecule has 6 nitrogen and oxygen atoms in total. The second kappa shape index (κ2) is 6.70. The summed E-state index contributed by atoms with van der Waals surface area (Å²) < 4.78 is 32.4. The van der Waals surface area contributed by atoms with Gasteiger partial charge in [-0.25, -0.2) is 8.42 Å². The number of ether oxygens (including phenoxy) is 1. The summed E-state index contributed by atoms with van der Waals surface area (Å²) in [6.07, 6.45) is 3.41. The summed E-state index contributed by atoms with van der Waals surface area (Å²) in [7, 11) is -3.42. The van der Waals surface area contributed by atoms with Crippen LogP contribution in [-0.4, -0.2) is 56.4 Å². The minimum Gasteiger partial charge on any atom is -0.381 e. The second-order valence-corrected chi connectivity index (χ2v) is 9.05. The standard InChI is InChI=1S/C18H24N2O4S/c21-18(15-6-10-24-13-15)19-9-5-14-3-4-17(11-16(14)12-19)25(22,23)20-7-1-2-8-20/h3-4,11,15H,1-2,5-10,12-13H2/t15-/m0/s1. The van der Waals surface area contributed by atoms with Crippen molar-refractivity contribution >= 4 is 15.9 Å². The summed E-state index contributed by atoms with van der Waals surface area (Å²) >= 11 is 0. The van der Waals surface area contributed by atoms with Gasteiger partial charge in [-0.2, -0.15) is 4.31 Å². The van der Waals surface area contributed by atoms with E-state index in [1.54, 1.807) is 16.4 Å². The van der Waals surface area contributed by atoms with Crippen LogP contribution in [0, 0.1) is 5.92 Å². The van der Waals surface area contributed by atoms with Gasteiger partial charge in [0.05, 0.1) is 17.4 Å². The first kappa shape index (κ1) is 17.0. The lowest BCUT2D eigenvalue weighted by atomic mass is 9.98. The van der Waals surface area contributed by atoms with E-state index in [4.69, 9.17) is 4.74 Å². The highest BCUT2D eigenvalue weighted by atomic mass is 32.2. The Kier molecular flexibility index (Phi) is 4.56. The van der Waals surface area contributed by atoms with Crippen LogP contribution in [0.1, 0.15) is 30.4 Å². The summed E-state index contributed by atoms with van der Waals surface area (Å²) in [5, 5.41) is 0. The molecule has 3 heterocycles.